The van der Waals surface area contributed by atoms with Gasteiger partial charge in [-0.3, -0.25) is 9.59 Å². The zero-order chi connectivity index (χ0) is 15.5. The molecule has 0 aromatic heterocycles. The number of carbonyl (C=O) groups excluding carboxylic acids is 2. The SMILES string of the molecule is CS(=O)(=O)c1ccc(C(=O)C(=O)C2CCCCCC2)cc1. The Morgan fingerprint density at radius 1 is 0.952 bits per heavy atom. The quantitative estimate of drug-likeness (QED) is 0.487. The van der Waals surface area contributed by atoms with E-state index < -0.39 is 15.6 Å². The zero-order valence-electron chi connectivity index (χ0n) is 12.2. The van der Waals surface area contributed by atoms with E-state index in [0.29, 0.717) is 0 Å². The van der Waals surface area contributed by atoms with E-state index in [1.165, 1.54) is 24.3 Å². The van der Waals surface area contributed by atoms with Crippen molar-refractivity contribution in [3.05, 3.63) is 29.8 Å². The average Bonchev–Trinajstić information content (AvgIpc) is 2.74. The van der Waals surface area contributed by atoms with Crippen molar-refractivity contribution in [3.63, 3.8) is 0 Å². The van der Waals surface area contributed by atoms with E-state index in [4.69, 9.17) is 0 Å². The van der Waals surface area contributed by atoms with Crippen LogP contribution in [-0.4, -0.2) is 26.2 Å². The fourth-order valence-electron chi connectivity index (χ4n) is 2.72. The highest BCUT2D eigenvalue weighted by Crippen LogP contribution is 2.25. The molecule has 2 rings (SSSR count). The van der Waals surface area contributed by atoms with Crippen LogP contribution in [0, 0.1) is 5.92 Å². The normalized spacial score (nSPS) is 17.2. The number of benzene rings is 1. The largest absolute Gasteiger partial charge is 0.290 e. The summed E-state index contributed by atoms with van der Waals surface area (Å²) < 4.78 is 22.8. The third-order valence-electron chi connectivity index (χ3n) is 3.99. The molecule has 1 aromatic carbocycles. The summed E-state index contributed by atoms with van der Waals surface area (Å²) in [4.78, 5) is 24.6. The highest BCUT2D eigenvalue weighted by Gasteiger charge is 2.26. The number of ketones is 2. The minimum absolute atomic E-state index is 0.154. The van der Waals surface area contributed by atoms with Crippen LogP contribution in [0.4, 0.5) is 0 Å². The van der Waals surface area contributed by atoms with Gasteiger partial charge in [-0.25, -0.2) is 8.42 Å². The molecular weight excluding hydrogens is 288 g/mol. The van der Waals surface area contributed by atoms with Gasteiger partial charge in [0.1, 0.15) is 0 Å². The Bertz CT molecular complexity index is 621. The maximum atomic E-state index is 12.3. The summed E-state index contributed by atoms with van der Waals surface area (Å²) in [6.45, 7) is 0. The van der Waals surface area contributed by atoms with Crippen molar-refractivity contribution in [2.75, 3.05) is 6.26 Å². The van der Waals surface area contributed by atoms with Crippen molar-refractivity contribution in [2.45, 2.75) is 43.4 Å². The van der Waals surface area contributed by atoms with Gasteiger partial charge in [0, 0.05) is 17.7 Å². The van der Waals surface area contributed by atoms with E-state index in [1.54, 1.807) is 0 Å². The summed E-state index contributed by atoms with van der Waals surface area (Å²) in [7, 11) is -3.29. The molecule has 0 unspecified atom stereocenters. The lowest BCUT2D eigenvalue weighted by Crippen LogP contribution is -2.23. The van der Waals surface area contributed by atoms with Crippen LogP contribution in [0.5, 0.6) is 0 Å². The molecule has 114 valence electrons. The van der Waals surface area contributed by atoms with Crippen molar-refractivity contribution in [1.82, 2.24) is 0 Å². The molecule has 0 bridgehead atoms. The van der Waals surface area contributed by atoms with E-state index in [0.717, 1.165) is 44.8 Å². The summed E-state index contributed by atoms with van der Waals surface area (Å²) in [5, 5.41) is 0. The van der Waals surface area contributed by atoms with Gasteiger partial charge in [-0.1, -0.05) is 25.7 Å². The number of rotatable bonds is 4. The van der Waals surface area contributed by atoms with Gasteiger partial charge in [0.25, 0.3) is 0 Å². The first-order valence-electron chi connectivity index (χ1n) is 7.28. The van der Waals surface area contributed by atoms with Crippen molar-refractivity contribution in [2.24, 2.45) is 5.92 Å². The summed E-state index contributed by atoms with van der Waals surface area (Å²) >= 11 is 0. The second kappa shape index (κ2) is 6.52. The second-order valence-corrected chi connectivity index (χ2v) is 7.69. The summed E-state index contributed by atoms with van der Waals surface area (Å²) in [5.74, 6) is -0.999. The first kappa shape index (κ1) is 15.9. The summed E-state index contributed by atoms with van der Waals surface area (Å²) in [6, 6.07) is 5.60. The molecule has 5 heteroatoms. The third-order valence-corrected chi connectivity index (χ3v) is 5.12. The average molecular weight is 308 g/mol. The Hall–Kier alpha value is -1.49. The number of carbonyl (C=O) groups is 2. The molecule has 21 heavy (non-hydrogen) atoms. The smallest absolute Gasteiger partial charge is 0.228 e. The standard InChI is InChI=1S/C16H20O4S/c1-21(19,20)14-10-8-13(9-11-14)16(18)15(17)12-6-4-2-3-5-7-12/h8-12H,2-7H2,1H3. The molecule has 1 aliphatic carbocycles. The van der Waals surface area contributed by atoms with Gasteiger partial charge in [0.15, 0.2) is 9.84 Å². The van der Waals surface area contributed by atoms with Crippen LogP contribution < -0.4 is 0 Å². The summed E-state index contributed by atoms with van der Waals surface area (Å²) in [5.41, 5.74) is 0.275. The molecule has 0 radical (unpaired) electrons. The molecule has 0 heterocycles. The van der Waals surface area contributed by atoms with Crippen LogP contribution in [0.2, 0.25) is 0 Å². The lowest BCUT2D eigenvalue weighted by molar-refractivity contribution is -0.119. The predicted octanol–water partition coefficient (Wildman–Crippen LogP) is 2.81. The Morgan fingerprint density at radius 2 is 1.48 bits per heavy atom. The first-order chi connectivity index (χ1) is 9.89. The van der Waals surface area contributed by atoms with Crippen LogP contribution in [0.1, 0.15) is 48.9 Å². The van der Waals surface area contributed by atoms with Crippen molar-refractivity contribution < 1.29 is 18.0 Å². The molecular formula is C16H20O4S. The van der Waals surface area contributed by atoms with E-state index in [2.05, 4.69) is 0 Å². The van der Waals surface area contributed by atoms with E-state index >= 15 is 0 Å². The zero-order valence-corrected chi connectivity index (χ0v) is 13.0. The summed E-state index contributed by atoms with van der Waals surface area (Å²) in [6.07, 6.45) is 6.92. The molecule has 0 saturated heterocycles. The van der Waals surface area contributed by atoms with Gasteiger partial charge >= 0.3 is 0 Å². The molecule has 0 spiro atoms. The van der Waals surface area contributed by atoms with Gasteiger partial charge < -0.3 is 0 Å². The van der Waals surface area contributed by atoms with Crippen molar-refractivity contribution in [1.29, 1.82) is 0 Å². The Morgan fingerprint density at radius 3 is 1.95 bits per heavy atom. The molecule has 0 N–H and O–H groups in total. The topological polar surface area (TPSA) is 68.3 Å². The Labute approximate surface area is 125 Å². The fourth-order valence-corrected chi connectivity index (χ4v) is 3.35. The van der Waals surface area contributed by atoms with Crippen LogP contribution in [0.3, 0.4) is 0 Å². The third kappa shape index (κ3) is 4.00. The van der Waals surface area contributed by atoms with Gasteiger partial charge in [-0.15, -0.1) is 0 Å². The molecule has 0 aliphatic heterocycles. The highest BCUT2D eigenvalue weighted by molar-refractivity contribution is 7.90. The lowest BCUT2D eigenvalue weighted by atomic mass is 9.91. The molecule has 0 amide bonds. The Balaban J connectivity index is 2.13. The van der Waals surface area contributed by atoms with Gasteiger partial charge in [0.2, 0.25) is 11.6 Å². The van der Waals surface area contributed by atoms with Crippen molar-refractivity contribution in [3.8, 4) is 0 Å². The predicted molar refractivity (Wildman–Crippen MR) is 80.1 cm³/mol. The Kier molecular flexibility index (Phi) is 4.93. The molecule has 1 aliphatic rings. The van der Waals surface area contributed by atoms with Gasteiger partial charge in [-0.05, 0) is 37.1 Å². The number of hydrogen-bond acceptors (Lipinski definition) is 4. The minimum Gasteiger partial charge on any atom is -0.290 e. The second-order valence-electron chi connectivity index (χ2n) is 5.68. The lowest BCUT2D eigenvalue weighted by Gasteiger charge is -2.11. The van der Waals surface area contributed by atoms with Crippen LogP contribution in [0.25, 0.3) is 0 Å². The molecule has 4 nitrogen and oxygen atoms in total. The van der Waals surface area contributed by atoms with Crippen LogP contribution in [0.15, 0.2) is 29.2 Å². The number of Topliss-reactive ketones (excluding diaryl/α,β-unsaturated/α-hetero) is 2. The maximum absolute atomic E-state index is 12.3. The van der Waals surface area contributed by atoms with Gasteiger partial charge in [0.05, 0.1) is 4.90 Å². The fraction of sp³-hybridized carbons (Fsp3) is 0.500. The molecule has 0 atom stereocenters. The van der Waals surface area contributed by atoms with Gasteiger partial charge in [-0.2, -0.15) is 0 Å². The van der Waals surface area contributed by atoms with E-state index in [1.807, 2.05) is 0 Å². The number of sulfone groups is 1. The van der Waals surface area contributed by atoms with Crippen LogP contribution in [-0.2, 0) is 14.6 Å². The first-order valence-corrected chi connectivity index (χ1v) is 9.17. The maximum Gasteiger partial charge on any atom is 0.228 e. The molecule has 1 fully saturated rings. The van der Waals surface area contributed by atoms with Crippen molar-refractivity contribution >= 4 is 21.4 Å². The van der Waals surface area contributed by atoms with E-state index in [9.17, 15) is 18.0 Å². The highest BCUT2D eigenvalue weighted by atomic mass is 32.2. The van der Waals surface area contributed by atoms with Crippen LogP contribution >= 0.6 is 0 Å². The molecule has 1 saturated carbocycles. The molecule has 1 aromatic rings. The monoisotopic (exact) mass is 308 g/mol. The number of hydrogen-bond donors (Lipinski definition) is 0. The van der Waals surface area contributed by atoms with E-state index in [-0.39, 0.29) is 22.2 Å². The minimum atomic E-state index is -3.29.